The van der Waals surface area contributed by atoms with Gasteiger partial charge in [0.05, 0.1) is 5.69 Å². The number of alkyl halides is 3. The van der Waals surface area contributed by atoms with Crippen LogP contribution in [0.2, 0.25) is 0 Å². The molecule has 0 aliphatic carbocycles. The van der Waals surface area contributed by atoms with Crippen LogP contribution in [0.5, 0.6) is 0 Å². The molecule has 1 aromatic heterocycles. The SMILES string of the molecule is CN1CCC(c2ccc3ccccc3c2F)c2ccc(-c3ccc(C(F)(F)F)nn3)cc2C1. The van der Waals surface area contributed by atoms with Crippen molar-refractivity contribution < 1.29 is 17.6 Å². The fourth-order valence-corrected chi connectivity index (χ4v) is 4.60. The van der Waals surface area contributed by atoms with Gasteiger partial charge in [0.15, 0.2) is 5.69 Å². The summed E-state index contributed by atoms with van der Waals surface area (Å²) < 4.78 is 54.0. The first kappa shape index (κ1) is 21.5. The zero-order valence-electron chi connectivity index (χ0n) is 17.9. The minimum Gasteiger partial charge on any atom is -0.302 e. The maximum absolute atomic E-state index is 15.5. The lowest BCUT2D eigenvalue weighted by molar-refractivity contribution is -0.141. The van der Waals surface area contributed by atoms with E-state index in [1.807, 2.05) is 55.6 Å². The lowest BCUT2D eigenvalue weighted by atomic mass is 9.84. The quantitative estimate of drug-likeness (QED) is 0.329. The number of fused-ring (bicyclic) bond motifs is 2. The lowest BCUT2D eigenvalue weighted by Crippen LogP contribution is -2.17. The van der Waals surface area contributed by atoms with Gasteiger partial charge in [0.2, 0.25) is 0 Å². The van der Waals surface area contributed by atoms with Gasteiger partial charge in [-0.2, -0.15) is 13.2 Å². The van der Waals surface area contributed by atoms with Gasteiger partial charge in [-0.1, -0.05) is 48.5 Å². The number of halogens is 4. The van der Waals surface area contributed by atoms with Crippen molar-refractivity contribution in [3.8, 4) is 11.3 Å². The molecule has 1 atom stereocenters. The predicted octanol–water partition coefficient (Wildman–Crippen LogP) is 6.42. The van der Waals surface area contributed by atoms with Crippen LogP contribution in [0.15, 0.2) is 66.7 Å². The third-order valence-corrected chi connectivity index (χ3v) is 6.28. The summed E-state index contributed by atoms with van der Waals surface area (Å²) in [6, 6.07) is 19.2. The van der Waals surface area contributed by atoms with Gasteiger partial charge >= 0.3 is 6.18 Å². The monoisotopic (exact) mass is 451 g/mol. The van der Waals surface area contributed by atoms with Crippen LogP contribution >= 0.6 is 0 Å². The predicted molar refractivity (Wildman–Crippen MR) is 119 cm³/mol. The lowest BCUT2D eigenvalue weighted by Gasteiger charge is -2.20. The van der Waals surface area contributed by atoms with Gasteiger partial charge in [-0.15, -0.1) is 10.2 Å². The summed E-state index contributed by atoms with van der Waals surface area (Å²) in [5, 5.41) is 8.59. The van der Waals surface area contributed by atoms with E-state index in [1.165, 1.54) is 6.07 Å². The normalized spacial score (nSPS) is 17.1. The van der Waals surface area contributed by atoms with Crippen molar-refractivity contribution in [1.29, 1.82) is 0 Å². The van der Waals surface area contributed by atoms with Gasteiger partial charge in [0.1, 0.15) is 5.82 Å². The second-order valence-corrected chi connectivity index (χ2v) is 8.48. The Labute approximate surface area is 188 Å². The topological polar surface area (TPSA) is 29.0 Å². The maximum atomic E-state index is 15.5. The molecule has 3 nitrogen and oxygen atoms in total. The fourth-order valence-electron chi connectivity index (χ4n) is 4.60. The van der Waals surface area contributed by atoms with Crippen LogP contribution in [0, 0.1) is 5.82 Å². The zero-order valence-corrected chi connectivity index (χ0v) is 17.9. The van der Waals surface area contributed by atoms with Gasteiger partial charge in [0, 0.05) is 23.4 Å². The van der Waals surface area contributed by atoms with E-state index in [0.29, 0.717) is 28.8 Å². The van der Waals surface area contributed by atoms with Crippen LogP contribution in [-0.2, 0) is 12.7 Å². The summed E-state index contributed by atoms with van der Waals surface area (Å²) in [7, 11) is 2.01. The van der Waals surface area contributed by atoms with Gasteiger partial charge in [0.25, 0.3) is 0 Å². The van der Waals surface area contributed by atoms with Crippen LogP contribution in [0.3, 0.4) is 0 Å². The molecule has 0 saturated heterocycles. The number of benzene rings is 3. The average Bonchev–Trinajstić information content (AvgIpc) is 2.97. The Bertz CT molecular complexity index is 1320. The van der Waals surface area contributed by atoms with Crippen molar-refractivity contribution in [3.05, 3.63) is 94.9 Å². The molecule has 0 amide bonds. The number of hydrogen-bond acceptors (Lipinski definition) is 3. The van der Waals surface area contributed by atoms with Crippen LogP contribution < -0.4 is 0 Å². The van der Waals surface area contributed by atoms with Gasteiger partial charge in [-0.25, -0.2) is 4.39 Å². The van der Waals surface area contributed by atoms with Crippen LogP contribution in [0.1, 0.15) is 34.7 Å². The first-order chi connectivity index (χ1) is 15.8. The molecule has 2 heterocycles. The molecule has 1 aliphatic rings. The summed E-state index contributed by atoms with van der Waals surface area (Å²) in [4.78, 5) is 2.17. The zero-order chi connectivity index (χ0) is 23.2. The van der Waals surface area contributed by atoms with Crippen molar-refractivity contribution in [2.75, 3.05) is 13.6 Å². The Morgan fingerprint density at radius 2 is 1.70 bits per heavy atom. The first-order valence-electron chi connectivity index (χ1n) is 10.7. The molecule has 0 spiro atoms. The van der Waals surface area contributed by atoms with Gasteiger partial charge < -0.3 is 4.90 Å². The average molecular weight is 451 g/mol. The molecule has 0 N–H and O–H groups in total. The van der Waals surface area contributed by atoms with E-state index in [9.17, 15) is 13.2 Å². The van der Waals surface area contributed by atoms with Crippen molar-refractivity contribution in [2.45, 2.75) is 25.1 Å². The Morgan fingerprint density at radius 1 is 0.909 bits per heavy atom. The maximum Gasteiger partial charge on any atom is 0.435 e. The molecule has 3 aromatic carbocycles. The van der Waals surface area contributed by atoms with E-state index in [1.54, 1.807) is 6.07 Å². The number of rotatable bonds is 2. The molecule has 0 saturated carbocycles. The van der Waals surface area contributed by atoms with E-state index < -0.39 is 11.9 Å². The van der Waals surface area contributed by atoms with E-state index in [0.717, 1.165) is 35.5 Å². The minimum absolute atomic E-state index is 0.123. The second kappa shape index (κ2) is 8.23. The number of hydrogen-bond donors (Lipinski definition) is 0. The fraction of sp³-hybridized carbons (Fsp3) is 0.231. The van der Waals surface area contributed by atoms with Crippen molar-refractivity contribution in [2.24, 2.45) is 0 Å². The molecule has 1 unspecified atom stereocenters. The van der Waals surface area contributed by atoms with Crippen LogP contribution in [0.25, 0.3) is 22.0 Å². The molecule has 5 rings (SSSR count). The summed E-state index contributed by atoms with van der Waals surface area (Å²) in [5.41, 5.74) is 2.72. The molecular weight excluding hydrogens is 430 g/mol. The molecular formula is C26H21F4N3. The third kappa shape index (κ3) is 4.09. The van der Waals surface area contributed by atoms with Gasteiger partial charge in [-0.3, -0.25) is 0 Å². The third-order valence-electron chi connectivity index (χ3n) is 6.28. The van der Waals surface area contributed by atoms with E-state index >= 15 is 4.39 Å². The van der Waals surface area contributed by atoms with E-state index in [4.69, 9.17) is 0 Å². The van der Waals surface area contributed by atoms with Crippen molar-refractivity contribution >= 4 is 10.8 Å². The Morgan fingerprint density at radius 3 is 2.45 bits per heavy atom. The second-order valence-electron chi connectivity index (χ2n) is 8.48. The van der Waals surface area contributed by atoms with Crippen molar-refractivity contribution in [1.82, 2.24) is 15.1 Å². The summed E-state index contributed by atoms with van der Waals surface area (Å²) in [5.74, 6) is -0.325. The number of aromatic nitrogens is 2. The molecule has 4 aromatic rings. The molecule has 7 heteroatoms. The van der Waals surface area contributed by atoms with E-state index in [2.05, 4.69) is 15.1 Å². The molecule has 1 aliphatic heterocycles. The molecule has 0 radical (unpaired) electrons. The first-order valence-corrected chi connectivity index (χ1v) is 10.7. The largest absolute Gasteiger partial charge is 0.435 e. The van der Waals surface area contributed by atoms with Crippen LogP contribution in [0.4, 0.5) is 17.6 Å². The van der Waals surface area contributed by atoms with E-state index in [-0.39, 0.29) is 11.7 Å². The molecule has 0 bridgehead atoms. The van der Waals surface area contributed by atoms with Crippen LogP contribution in [-0.4, -0.2) is 28.7 Å². The Balaban J connectivity index is 1.57. The summed E-state index contributed by atoms with van der Waals surface area (Å²) in [6.45, 7) is 1.45. The summed E-state index contributed by atoms with van der Waals surface area (Å²) in [6.07, 6.45) is -3.77. The van der Waals surface area contributed by atoms with Crippen molar-refractivity contribution in [3.63, 3.8) is 0 Å². The highest BCUT2D eigenvalue weighted by atomic mass is 19.4. The standard InChI is InChI=1S/C26H21F4N3/c1-33-13-12-21(22-9-6-16-4-2-3-5-20(16)25(22)27)19-8-7-17(14-18(19)15-33)23-10-11-24(32-31-23)26(28,29)30/h2-11,14,21H,12-13,15H2,1H3. The highest BCUT2D eigenvalue weighted by Crippen LogP contribution is 2.38. The Hall–Kier alpha value is -3.32. The molecule has 0 fully saturated rings. The minimum atomic E-state index is -4.53. The highest BCUT2D eigenvalue weighted by molar-refractivity contribution is 5.84. The summed E-state index contributed by atoms with van der Waals surface area (Å²) >= 11 is 0. The molecule has 33 heavy (non-hydrogen) atoms. The number of nitrogens with zero attached hydrogens (tertiary/aromatic N) is 3. The highest BCUT2D eigenvalue weighted by Gasteiger charge is 2.33. The smallest absolute Gasteiger partial charge is 0.302 e. The van der Waals surface area contributed by atoms with Gasteiger partial charge in [-0.05, 0) is 60.3 Å². The Kier molecular flexibility index (Phi) is 5.37. The molecule has 168 valence electrons.